The van der Waals surface area contributed by atoms with Gasteiger partial charge in [0, 0.05) is 5.56 Å². The largest absolute Gasteiger partial charge is 0.457 e. The van der Waals surface area contributed by atoms with Crippen LogP contribution < -0.4 is 5.14 Å². The highest BCUT2D eigenvalue weighted by Crippen LogP contribution is 2.24. The molecule has 0 bridgehead atoms. The van der Waals surface area contributed by atoms with Gasteiger partial charge in [-0.25, -0.2) is 13.6 Å². The number of sulfonamides is 1. The van der Waals surface area contributed by atoms with Crippen LogP contribution in [0.2, 0.25) is 0 Å². The number of aliphatic hydroxyl groups excluding tert-OH is 1. The Hall–Kier alpha value is -1.89. The Morgan fingerprint density at radius 2 is 1.86 bits per heavy atom. The van der Waals surface area contributed by atoms with Gasteiger partial charge in [-0.05, 0) is 61.9 Å². The maximum Gasteiger partial charge on any atom is 0.238 e. The van der Waals surface area contributed by atoms with Crippen LogP contribution in [0.1, 0.15) is 19.6 Å². The Balaban J connectivity index is 2.28. The fourth-order valence-electron chi connectivity index (χ4n) is 1.74. The van der Waals surface area contributed by atoms with Crippen LogP contribution in [-0.2, 0) is 10.0 Å². The second kappa shape index (κ2) is 5.85. The highest BCUT2D eigenvalue weighted by Gasteiger charge is 2.09. The maximum absolute atomic E-state index is 11.2. The quantitative estimate of drug-likeness (QED) is 0.906. The Morgan fingerprint density at radius 1 is 1.24 bits per heavy atom. The molecular formula is C15H17NO4S. The minimum atomic E-state index is -3.69. The number of aliphatic hydroxyl groups is 1. The van der Waals surface area contributed by atoms with Gasteiger partial charge in [0.15, 0.2) is 0 Å². The molecule has 1 heterocycles. The average molecular weight is 307 g/mol. The maximum atomic E-state index is 11.2. The smallest absolute Gasteiger partial charge is 0.238 e. The van der Waals surface area contributed by atoms with E-state index in [1.807, 2.05) is 6.92 Å². The molecule has 112 valence electrons. The monoisotopic (exact) mass is 307 g/mol. The molecule has 21 heavy (non-hydrogen) atoms. The highest BCUT2D eigenvalue weighted by atomic mass is 32.2. The van der Waals surface area contributed by atoms with Crippen LogP contribution in [0, 0.1) is 0 Å². The molecule has 0 aliphatic heterocycles. The van der Waals surface area contributed by atoms with E-state index in [1.54, 1.807) is 37.3 Å². The van der Waals surface area contributed by atoms with Gasteiger partial charge in [-0.2, -0.15) is 0 Å². The van der Waals surface area contributed by atoms with Gasteiger partial charge in [0.2, 0.25) is 10.0 Å². The van der Waals surface area contributed by atoms with Gasteiger partial charge in [0.25, 0.3) is 0 Å². The average Bonchev–Trinajstić information content (AvgIpc) is 2.86. The molecule has 0 amide bonds. The van der Waals surface area contributed by atoms with E-state index in [4.69, 9.17) is 9.56 Å². The van der Waals surface area contributed by atoms with E-state index in [2.05, 4.69) is 0 Å². The van der Waals surface area contributed by atoms with E-state index < -0.39 is 16.1 Å². The normalized spacial score (nSPS) is 14.2. The molecule has 0 fully saturated rings. The zero-order chi connectivity index (χ0) is 15.6. The van der Waals surface area contributed by atoms with E-state index in [0.29, 0.717) is 11.5 Å². The third-order valence-corrected chi connectivity index (χ3v) is 4.05. The van der Waals surface area contributed by atoms with Crippen molar-refractivity contribution >= 4 is 16.1 Å². The number of primary sulfonamides is 1. The first kappa shape index (κ1) is 15.5. The van der Waals surface area contributed by atoms with Gasteiger partial charge in [-0.3, -0.25) is 0 Å². The number of furan rings is 1. The van der Waals surface area contributed by atoms with Gasteiger partial charge < -0.3 is 9.52 Å². The molecule has 6 heteroatoms. The lowest BCUT2D eigenvalue weighted by Gasteiger charge is -2.02. The Labute approximate surface area is 123 Å². The lowest BCUT2D eigenvalue weighted by atomic mass is 10.1. The molecule has 1 aromatic heterocycles. The van der Waals surface area contributed by atoms with Crippen molar-refractivity contribution in [1.29, 1.82) is 0 Å². The van der Waals surface area contributed by atoms with Crippen molar-refractivity contribution < 1.29 is 17.9 Å². The van der Waals surface area contributed by atoms with E-state index >= 15 is 0 Å². The van der Waals surface area contributed by atoms with Gasteiger partial charge >= 0.3 is 0 Å². The minimum Gasteiger partial charge on any atom is -0.457 e. The topological polar surface area (TPSA) is 93.5 Å². The summed E-state index contributed by atoms with van der Waals surface area (Å²) in [4.78, 5) is 0.0582. The van der Waals surface area contributed by atoms with Gasteiger partial charge in [0.05, 0.1) is 11.0 Å². The van der Waals surface area contributed by atoms with Crippen molar-refractivity contribution in [2.24, 2.45) is 5.14 Å². The zero-order valence-corrected chi connectivity index (χ0v) is 12.6. The third-order valence-electron chi connectivity index (χ3n) is 3.12. The summed E-state index contributed by atoms with van der Waals surface area (Å²) < 4.78 is 28.0. The zero-order valence-electron chi connectivity index (χ0n) is 11.8. The highest BCUT2D eigenvalue weighted by molar-refractivity contribution is 7.89. The summed E-state index contributed by atoms with van der Waals surface area (Å²) >= 11 is 0. The van der Waals surface area contributed by atoms with Crippen LogP contribution in [0.15, 0.2) is 51.3 Å². The van der Waals surface area contributed by atoms with Crippen LogP contribution in [0.3, 0.4) is 0 Å². The first-order valence-corrected chi connectivity index (χ1v) is 7.91. The third kappa shape index (κ3) is 3.81. The fourth-order valence-corrected chi connectivity index (χ4v) is 2.25. The van der Waals surface area contributed by atoms with E-state index in [0.717, 1.165) is 11.1 Å². The Morgan fingerprint density at radius 3 is 2.38 bits per heavy atom. The van der Waals surface area contributed by atoms with Crippen LogP contribution in [0.25, 0.3) is 17.4 Å². The molecule has 2 rings (SSSR count). The number of rotatable bonds is 4. The standard InChI is InChI=1S/C15H17NO4S/c1-10(11(2)17)9-13-5-8-15(20-13)12-3-6-14(7-4-12)21(16,18)19/h3-9,11,17H,1-2H3,(H2,16,18,19)/b10-9+. The summed E-state index contributed by atoms with van der Waals surface area (Å²) in [6.07, 6.45) is 1.22. The molecule has 2 aromatic rings. The van der Waals surface area contributed by atoms with E-state index in [1.165, 1.54) is 12.1 Å². The molecule has 0 aliphatic carbocycles. The van der Waals surface area contributed by atoms with Crippen molar-refractivity contribution in [2.45, 2.75) is 24.8 Å². The van der Waals surface area contributed by atoms with Crippen LogP contribution >= 0.6 is 0 Å². The SMILES string of the molecule is C/C(=C\c1ccc(-c2ccc(S(N)(=O)=O)cc2)o1)C(C)O. The molecule has 0 saturated heterocycles. The molecule has 0 spiro atoms. The first-order valence-electron chi connectivity index (χ1n) is 6.37. The molecular weight excluding hydrogens is 290 g/mol. The van der Waals surface area contributed by atoms with Gasteiger partial charge in [-0.15, -0.1) is 0 Å². The molecule has 1 aromatic carbocycles. The first-order chi connectivity index (χ1) is 9.77. The number of hydrogen-bond acceptors (Lipinski definition) is 4. The van der Waals surface area contributed by atoms with Crippen molar-refractivity contribution in [3.05, 3.63) is 47.7 Å². The summed E-state index contributed by atoms with van der Waals surface area (Å²) in [5, 5.41) is 14.5. The number of nitrogens with two attached hydrogens (primary N) is 1. The summed E-state index contributed by atoms with van der Waals surface area (Å²) in [5.41, 5.74) is 1.54. The van der Waals surface area contributed by atoms with Crippen LogP contribution in [0.5, 0.6) is 0 Å². The van der Waals surface area contributed by atoms with Crippen LogP contribution in [0.4, 0.5) is 0 Å². The fraction of sp³-hybridized carbons (Fsp3) is 0.200. The second-order valence-corrected chi connectivity index (χ2v) is 6.40. The van der Waals surface area contributed by atoms with Crippen molar-refractivity contribution in [1.82, 2.24) is 0 Å². The van der Waals surface area contributed by atoms with E-state index in [-0.39, 0.29) is 4.90 Å². The summed E-state index contributed by atoms with van der Waals surface area (Å²) in [6, 6.07) is 9.70. The van der Waals surface area contributed by atoms with Crippen molar-refractivity contribution in [3.8, 4) is 11.3 Å². The summed E-state index contributed by atoms with van der Waals surface area (Å²) in [6.45, 7) is 3.50. The molecule has 0 saturated carbocycles. The molecule has 0 radical (unpaired) electrons. The minimum absolute atomic E-state index is 0.0582. The molecule has 1 unspecified atom stereocenters. The molecule has 0 aliphatic rings. The second-order valence-electron chi connectivity index (χ2n) is 4.84. The van der Waals surface area contributed by atoms with E-state index in [9.17, 15) is 13.5 Å². The van der Waals surface area contributed by atoms with Crippen molar-refractivity contribution in [2.75, 3.05) is 0 Å². The Kier molecular flexibility index (Phi) is 4.32. The molecule has 5 nitrogen and oxygen atoms in total. The van der Waals surface area contributed by atoms with Gasteiger partial charge in [0.1, 0.15) is 11.5 Å². The van der Waals surface area contributed by atoms with Crippen molar-refractivity contribution in [3.63, 3.8) is 0 Å². The van der Waals surface area contributed by atoms with Crippen LogP contribution in [-0.4, -0.2) is 19.6 Å². The summed E-state index contributed by atoms with van der Waals surface area (Å²) in [5.74, 6) is 1.24. The predicted molar refractivity (Wildman–Crippen MR) is 80.8 cm³/mol. The molecule has 3 N–H and O–H groups in total. The lowest BCUT2D eigenvalue weighted by molar-refractivity contribution is 0.232. The number of benzene rings is 1. The predicted octanol–water partition coefficient (Wildman–Crippen LogP) is 2.38. The summed E-state index contributed by atoms with van der Waals surface area (Å²) in [7, 11) is -3.69. The molecule has 1 atom stereocenters. The Bertz CT molecular complexity index is 755. The lowest BCUT2D eigenvalue weighted by Crippen LogP contribution is -2.11. The van der Waals surface area contributed by atoms with Gasteiger partial charge in [-0.1, -0.05) is 0 Å². The number of hydrogen-bond donors (Lipinski definition) is 2.